The maximum atomic E-state index is 13.8. The zero-order chi connectivity index (χ0) is 13.7. The first-order chi connectivity index (χ1) is 9.26. The van der Waals surface area contributed by atoms with E-state index in [1.165, 1.54) is 18.3 Å². The van der Waals surface area contributed by atoms with Crippen LogP contribution in [0.25, 0.3) is 0 Å². The van der Waals surface area contributed by atoms with E-state index >= 15 is 0 Å². The topological polar surface area (TPSA) is 73.1 Å². The maximum Gasteiger partial charge on any atom is 0.146 e. The van der Waals surface area contributed by atoms with E-state index in [0.717, 1.165) is 0 Å². The lowest BCUT2D eigenvalue weighted by Crippen LogP contribution is -2.30. The molecule has 0 radical (unpaired) electrons. The molecule has 0 spiro atoms. The van der Waals surface area contributed by atoms with Crippen molar-refractivity contribution in [3.8, 4) is 5.75 Å². The highest BCUT2D eigenvalue weighted by Crippen LogP contribution is 2.23. The van der Waals surface area contributed by atoms with Gasteiger partial charge in [0.25, 0.3) is 0 Å². The molecular formula is C13H15FN4O. The predicted molar refractivity (Wildman–Crippen MR) is 68.8 cm³/mol. The number of aromatic nitrogens is 2. The fraction of sp³-hybridized carbons (Fsp3) is 0.231. The lowest BCUT2D eigenvalue weighted by molar-refractivity contribution is 0.338. The molecule has 1 atom stereocenters. The van der Waals surface area contributed by atoms with Gasteiger partial charge >= 0.3 is 0 Å². The Bertz CT molecular complexity index is 550. The van der Waals surface area contributed by atoms with E-state index in [1.54, 1.807) is 18.5 Å². The quantitative estimate of drug-likeness (QED) is 0.632. The van der Waals surface area contributed by atoms with Gasteiger partial charge in [-0.05, 0) is 30.7 Å². The number of hydrazine groups is 1. The summed E-state index contributed by atoms with van der Waals surface area (Å²) in [5.74, 6) is 5.69. The molecule has 3 N–H and O–H groups in total. The van der Waals surface area contributed by atoms with Gasteiger partial charge in [-0.15, -0.1) is 0 Å². The van der Waals surface area contributed by atoms with E-state index in [9.17, 15) is 4.39 Å². The molecule has 0 aliphatic heterocycles. The number of rotatable bonds is 5. The summed E-state index contributed by atoms with van der Waals surface area (Å²) < 4.78 is 19.1. The summed E-state index contributed by atoms with van der Waals surface area (Å²) in [4.78, 5) is 8.07. The van der Waals surface area contributed by atoms with Crippen LogP contribution < -0.4 is 16.0 Å². The minimum atomic E-state index is -0.575. The highest BCUT2D eigenvalue weighted by atomic mass is 19.1. The normalized spacial score (nSPS) is 12.2. The molecule has 0 fully saturated rings. The Morgan fingerprint density at radius 1 is 1.47 bits per heavy atom. The molecule has 0 bridgehead atoms. The zero-order valence-corrected chi connectivity index (χ0v) is 10.5. The van der Waals surface area contributed by atoms with E-state index in [-0.39, 0.29) is 5.69 Å². The first kappa shape index (κ1) is 13.4. The summed E-state index contributed by atoms with van der Waals surface area (Å²) in [5.41, 5.74) is 3.46. The van der Waals surface area contributed by atoms with Gasteiger partial charge in [0, 0.05) is 12.4 Å². The van der Waals surface area contributed by atoms with Gasteiger partial charge in [-0.3, -0.25) is 15.8 Å². The molecule has 0 amide bonds. The Morgan fingerprint density at radius 2 is 2.32 bits per heavy atom. The highest BCUT2D eigenvalue weighted by molar-refractivity contribution is 5.31. The van der Waals surface area contributed by atoms with Gasteiger partial charge in [0.2, 0.25) is 0 Å². The molecule has 0 saturated carbocycles. The molecule has 2 heterocycles. The van der Waals surface area contributed by atoms with Gasteiger partial charge in [0.1, 0.15) is 11.6 Å². The number of hydrogen-bond donors (Lipinski definition) is 2. The molecule has 2 rings (SSSR count). The van der Waals surface area contributed by atoms with Crippen molar-refractivity contribution in [2.24, 2.45) is 5.84 Å². The van der Waals surface area contributed by atoms with Crippen LogP contribution >= 0.6 is 0 Å². The number of ether oxygens (including phenoxy) is 1. The molecule has 6 heteroatoms. The maximum absolute atomic E-state index is 13.8. The number of nitrogens with one attached hydrogen (secondary N) is 1. The molecule has 100 valence electrons. The van der Waals surface area contributed by atoms with E-state index in [0.29, 0.717) is 17.9 Å². The second-order valence-electron chi connectivity index (χ2n) is 3.86. The van der Waals surface area contributed by atoms with Gasteiger partial charge in [0.15, 0.2) is 0 Å². The molecule has 5 nitrogen and oxygen atoms in total. The molecule has 1 unspecified atom stereocenters. The fourth-order valence-corrected chi connectivity index (χ4v) is 1.78. The molecule has 19 heavy (non-hydrogen) atoms. The summed E-state index contributed by atoms with van der Waals surface area (Å²) in [6.07, 6.45) is 4.71. The van der Waals surface area contributed by atoms with Crippen LogP contribution in [0.4, 0.5) is 4.39 Å². The van der Waals surface area contributed by atoms with Crippen molar-refractivity contribution in [3.63, 3.8) is 0 Å². The Balaban J connectivity index is 2.37. The van der Waals surface area contributed by atoms with Gasteiger partial charge in [-0.2, -0.15) is 0 Å². The second-order valence-corrected chi connectivity index (χ2v) is 3.86. The minimum Gasteiger partial charge on any atom is -0.492 e. The predicted octanol–water partition coefficient (Wildman–Crippen LogP) is 1.57. The van der Waals surface area contributed by atoms with E-state index < -0.39 is 11.9 Å². The van der Waals surface area contributed by atoms with Gasteiger partial charge < -0.3 is 4.74 Å². The molecule has 0 aromatic carbocycles. The van der Waals surface area contributed by atoms with Crippen molar-refractivity contribution in [2.75, 3.05) is 6.61 Å². The first-order valence-corrected chi connectivity index (χ1v) is 5.90. The van der Waals surface area contributed by atoms with Crippen LogP contribution in [-0.2, 0) is 0 Å². The van der Waals surface area contributed by atoms with Crippen LogP contribution in [0.5, 0.6) is 5.75 Å². The Hall–Kier alpha value is -2.05. The molecule has 2 aromatic rings. The third-order valence-electron chi connectivity index (χ3n) is 2.61. The minimum absolute atomic E-state index is 0.223. The third-order valence-corrected chi connectivity index (χ3v) is 2.61. The molecule has 0 saturated heterocycles. The summed E-state index contributed by atoms with van der Waals surface area (Å²) in [6.45, 7) is 2.41. The van der Waals surface area contributed by atoms with E-state index in [2.05, 4.69) is 15.4 Å². The van der Waals surface area contributed by atoms with Gasteiger partial charge in [-0.25, -0.2) is 9.82 Å². The summed E-state index contributed by atoms with van der Waals surface area (Å²) in [6, 6.07) is 4.05. The SMILES string of the molecule is CCOc1cncc(C(NN)c2ncccc2F)c1. The number of hydrogen-bond acceptors (Lipinski definition) is 5. The van der Waals surface area contributed by atoms with E-state index in [1.807, 2.05) is 6.92 Å². The van der Waals surface area contributed by atoms with Crippen LogP contribution in [0, 0.1) is 5.82 Å². The summed E-state index contributed by atoms with van der Waals surface area (Å²) >= 11 is 0. The summed E-state index contributed by atoms with van der Waals surface area (Å²) in [5, 5.41) is 0. The van der Waals surface area contributed by atoms with Crippen LogP contribution in [0.3, 0.4) is 0 Å². The summed E-state index contributed by atoms with van der Waals surface area (Å²) in [7, 11) is 0. The number of nitrogens with two attached hydrogens (primary N) is 1. The van der Waals surface area contributed by atoms with Crippen LogP contribution in [0.2, 0.25) is 0 Å². The molecule has 0 aliphatic carbocycles. The van der Waals surface area contributed by atoms with Gasteiger partial charge in [-0.1, -0.05) is 0 Å². The van der Waals surface area contributed by atoms with Gasteiger partial charge in [0.05, 0.1) is 24.5 Å². The zero-order valence-electron chi connectivity index (χ0n) is 10.5. The van der Waals surface area contributed by atoms with Crippen molar-refractivity contribution >= 4 is 0 Å². The molecular weight excluding hydrogens is 247 g/mol. The van der Waals surface area contributed by atoms with Crippen molar-refractivity contribution in [1.29, 1.82) is 0 Å². The number of halogens is 1. The molecule has 2 aromatic heterocycles. The lowest BCUT2D eigenvalue weighted by atomic mass is 10.1. The average Bonchev–Trinajstić information content (AvgIpc) is 2.43. The Labute approximate surface area is 110 Å². The molecule has 0 aliphatic rings. The van der Waals surface area contributed by atoms with Crippen LogP contribution in [0.15, 0.2) is 36.8 Å². The lowest BCUT2D eigenvalue weighted by Gasteiger charge is -2.16. The second kappa shape index (κ2) is 6.21. The average molecular weight is 262 g/mol. The largest absolute Gasteiger partial charge is 0.492 e. The first-order valence-electron chi connectivity index (χ1n) is 5.90. The van der Waals surface area contributed by atoms with Crippen molar-refractivity contribution < 1.29 is 9.13 Å². The van der Waals surface area contributed by atoms with Crippen molar-refractivity contribution in [1.82, 2.24) is 15.4 Å². The Kier molecular flexibility index (Phi) is 4.38. The highest BCUT2D eigenvalue weighted by Gasteiger charge is 2.18. The van der Waals surface area contributed by atoms with Crippen molar-refractivity contribution in [2.45, 2.75) is 13.0 Å². The number of nitrogens with zero attached hydrogens (tertiary/aromatic N) is 2. The van der Waals surface area contributed by atoms with E-state index in [4.69, 9.17) is 10.6 Å². The van der Waals surface area contributed by atoms with Crippen LogP contribution in [0.1, 0.15) is 24.2 Å². The standard InChI is InChI=1S/C13H15FN4O/c1-2-19-10-6-9(7-16-8-10)12(18-15)13-11(14)4-3-5-17-13/h3-8,12,18H,2,15H2,1H3. The fourth-order valence-electron chi connectivity index (χ4n) is 1.78. The Morgan fingerprint density at radius 3 is 3.00 bits per heavy atom. The third kappa shape index (κ3) is 3.04. The number of pyridine rings is 2. The smallest absolute Gasteiger partial charge is 0.146 e. The van der Waals surface area contributed by atoms with Crippen LogP contribution in [-0.4, -0.2) is 16.6 Å². The van der Waals surface area contributed by atoms with Crippen molar-refractivity contribution in [3.05, 3.63) is 53.9 Å². The monoisotopic (exact) mass is 262 g/mol.